The van der Waals surface area contributed by atoms with Gasteiger partial charge in [-0.3, -0.25) is 9.78 Å². The van der Waals surface area contributed by atoms with Crippen molar-refractivity contribution in [3.63, 3.8) is 0 Å². The van der Waals surface area contributed by atoms with Gasteiger partial charge in [0.1, 0.15) is 5.75 Å². The van der Waals surface area contributed by atoms with Crippen LogP contribution in [0, 0.1) is 0 Å². The molecule has 0 fully saturated rings. The number of ether oxygens (including phenoxy) is 1. The second-order valence-electron chi connectivity index (χ2n) is 5.02. The van der Waals surface area contributed by atoms with Crippen LogP contribution in [0.15, 0.2) is 67.1 Å². The van der Waals surface area contributed by atoms with Crippen molar-refractivity contribution in [2.75, 3.05) is 11.9 Å². The molecule has 0 bridgehead atoms. The van der Waals surface area contributed by atoms with Crippen molar-refractivity contribution < 1.29 is 9.53 Å². The zero-order valence-corrected chi connectivity index (χ0v) is 13.6. The third-order valence-corrected chi connectivity index (χ3v) is 3.61. The number of halogens is 1. The number of aromatic nitrogens is 2. The van der Waals surface area contributed by atoms with Crippen molar-refractivity contribution >= 4 is 23.2 Å². The number of carbonyl (C=O) groups excluding carboxylic acids is 1. The Kier molecular flexibility index (Phi) is 4.72. The van der Waals surface area contributed by atoms with Gasteiger partial charge in [0.05, 0.1) is 17.4 Å². The molecule has 0 aliphatic carbocycles. The van der Waals surface area contributed by atoms with Crippen LogP contribution in [0.1, 0.15) is 10.4 Å². The molecule has 2 heterocycles. The molecule has 24 heavy (non-hydrogen) atoms. The maximum Gasteiger partial charge on any atom is 0.259 e. The van der Waals surface area contributed by atoms with Crippen molar-refractivity contribution in [3.05, 3.63) is 77.7 Å². The zero-order valence-electron chi connectivity index (χ0n) is 12.9. The Labute approximate surface area is 144 Å². The molecule has 0 unspecified atom stereocenters. The number of hydrogen-bond donors (Lipinski definition) is 0. The van der Waals surface area contributed by atoms with Gasteiger partial charge in [0.15, 0.2) is 0 Å². The quantitative estimate of drug-likeness (QED) is 0.715. The Morgan fingerprint density at radius 3 is 2.50 bits per heavy atom. The molecule has 0 aliphatic rings. The monoisotopic (exact) mass is 339 g/mol. The summed E-state index contributed by atoms with van der Waals surface area (Å²) in [5, 5.41) is 0.634. The Morgan fingerprint density at radius 1 is 1.08 bits per heavy atom. The van der Waals surface area contributed by atoms with Gasteiger partial charge >= 0.3 is 0 Å². The second kappa shape index (κ2) is 7.10. The topological polar surface area (TPSA) is 55.3 Å². The third-order valence-electron chi connectivity index (χ3n) is 3.36. The van der Waals surface area contributed by atoms with Crippen LogP contribution in [0.3, 0.4) is 0 Å². The molecule has 0 aliphatic heterocycles. The lowest BCUT2D eigenvalue weighted by Gasteiger charge is -2.16. The maximum absolute atomic E-state index is 12.5. The molecule has 6 heteroatoms. The predicted octanol–water partition coefficient (Wildman–Crippen LogP) is 4.20. The average Bonchev–Trinajstić information content (AvgIpc) is 2.64. The summed E-state index contributed by atoms with van der Waals surface area (Å²) in [5.41, 5.74) is 1.17. The van der Waals surface area contributed by atoms with Crippen molar-refractivity contribution in [2.24, 2.45) is 0 Å². The van der Waals surface area contributed by atoms with E-state index in [4.69, 9.17) is 16.3 Å². The highest BCUT2D eigenvalue weighted by Crippen LogP contribution is 2.22. The molecule has 0 radical (unpaired) electrons. The summed E-state index contributed by atoms with van der Waals surface area (Å²) >= 11 is 5.83. The fraction of sp³-hybridized carbons (Fsp3) is 0.0556. The first-order valence-corrected chi connectivity index (χ1v) is 7.59. The van der Waals surface area contributed by atoms with Crippen LogP contribution in [0.5, 0.6) is 11.6 Å². The fourth-order valence-corrected chi connectivity index (χ4v) is 2.18. The van der Waals surface area contributed by atoms with Gasteiger partial charge in [0.2, 0.25) is 5.88 Å². The van der Waals surface area contributed by atoms with Crippen LogP contribution in [0.4, 0.5) is 5.69 Å². The van der Waals surface area contributed by atoms with Crippen LogP contribution in [0.25, 0.3) is 0 Å². The number of anilines is 1. The first-order valence-electron chi connectivity index (χ1n) is 7.21. The molecule has 1 amide bonds. The minimum absolute atomic E-state index is 0.173. The van der Waals surface area contributed by atoms with Gasteiger partial charge < -0.3 is 9.64 Å². The normalized spacial score (nSPS) is 10.2. The van der Waals surface area contributed by atoms with Crippen molar-refractivity contribution in [1.82, 2.24) is 9.97 Å². The van der Waals surface area contributed by atoms with Crippen LogP contribution < -0.4 is 9.64 Å². The van der Waals surface area contributed by atoms with E-state index in [-0.39, 0.29) is 5.91 Å². The molecular formula is C18H14ClN3O2. The summed E-state index contributed by atoms with van der Waals surface area (Å²) < 4.78 is 5.61. The molecule has 120 valence electrons. The lowest BCUT2D eigenvalue weighted by Crippen LogP contribution is -2.26. The van der Waals surface area contributed by atoms with E-state index in [1.54, 1.807) is 61.9 Å². The van der Waals surface area contributed by atoms with Gasteiger partial charge in [-0.2, -0.15) is 0 Å². The number of benzene rings is 1. The number of amides is 1. The maximum atomic E-state index is 12.5. The van der Waals surface area contributed by atoms with E-state index >= 15 is 0 Å². The molecular weight excluding hydrogens is 326 g/mol. The van der Waals surface area contributed by atoms with Gasteiger partial charge in [-0.25, -0.2) is 4.98 Å². The van der Waals surface area contributed by atoms with Gasteiger partial charge in [-0.1, -0.05) is 11.6 Å². The van der Waals surface area contributed by atoms with E-state index in [9.17, 15) is 4.79 Å². The minimum Gasteiger partial charge on any atom is -0.439 e. The Bertz CT molecular complexity index is 821. The van der Waals surface area contributed by atoms with Gasteiger partial charge in [-0.05, 0) is 42.5 Å². The highest BCUT2D eigenvalue weighted by Gasteiger charge is 2.14. The molecule has 0 saturated carbocycles. The largest absolute Gasteiger partial charge is 0.439 e. The SMILES string of the molecule is CN(C(=O)c1ccc(Oc2ccc(Cl)cc2)nc1)c1cccnc1. The molecule has 0 saturated heterocycles. The molecule has 0 N–H and O–H groups in total. The van der Waals surface area contributed by atoms with E-state index in [2.05, 4.69) is 9.97 Å². The van der Waals surface area contributed by atoms with Gasteiger partial charge in [-0.15, -0.1) is 0 Å². The zero-order chi connectivity index (χ0) is 16.9. The molecule has 1 aromatic carbocycles. The molecule has 0 spiro atoms. The summed E-state index contributed by atoms with van der Waals surface area (Å²) in [6.07, 6.45) is 4.77. The number of rotatable bonds is 4. The van der Waals surface area contributed by atoms with Crippen molar-refractivity contribution in [3.8, 4) is 11.6 Å². The van der Waals surface area contributed by atoms with E-state index in [1.807, 2.05) is 6.07 Å². The molecule has 0 atom stereocenters. The Hall–Kier alpha value is -2.92. The highest BCUT2D eigenvalue weighted by atomic mass is 35.5. The van der Waals surface area contributed by atoms with E-state index in [0.717, 1.165) is 0 Å². The summed E-state index contributed by atoms with van der Waals surface area (Å²) in [6.45, 7) is 0. The number of carbonyl (C=O) groups is 1. The van der Waals surface area contributed by atoms with Crippen LogP contribution in [-0.2, 0) is 0 Å². The van der Waals surface area contributed by atoms with Crippen LogP contribution >= 0.6 is 11.6 Å². The lowest BCUT2D eigenvalue weighted by molar-refractivity contribution is 0.0992. The van der Waals surface area contributed by atoms with Crippen molar-refractivity contribution in [1.29, 1.82) is 0 Å². The molecule has 5 nitrogen and oxygen atoms in total. The smallest absolute Gasteiger partial charge is 0.259 e. The van der Waals surface area contributed by atoms with E-state index in [0.29, 0.717) is 27.9 Å². The average molecular weight is 340 g/mol. The summed E-state index contributed by atoms with van der Waals surface area (Å²) in [7, 11) is 1.69. The summed E-state index contributed by atoms with van der Waals surface area (Å²) in [6, 6.07) is 13.9. The predicted molar refractivity (Wildman–Crippen MR) is 92.7 cm³/mol. The Morgan fingerprint density at radius 2 is 1.88 bits per heavy atom. The first kappa shape index (κ1) is 16.0. The second-order valence-corrected chi connectivity index (χ2v) is 5.45. The van der Waals surface area contributed by atoms with E-state index in [1.165, 1.54) is 11.1 Å². The Balaban J connectivity index is 1.72. The van der Waals surface area contributed by atoms with E-state index < -0.39 is 0 Å². The molecule has 3 aromatic rings. The van der Waals surface area contributed by atoms with Crippen LogP contribution in [0.2, 0.25) is 5.02 Å². The minimum atomic E-state index is -0.173. The summed E-state index contributed by atoms with van der Waals surface area (Å²) in [5.74, 6) is 0.852. The molecule has 2 aromatic heterocycles. The molecule has 3 rings (SSSR count). The number of pyridine rings is 2. The third kappa shape index (κ3) is 3.70. The lowest BCUT2D eigenvalue weighted by atomic mass is 10.2. The summed E-state index contributed by atoms with van der Waals surface area (Å²) in [4.78, 5) is 22.2. The van der Waals surface area contributed by atoms with Crippen LogP contribution in [-0.4, -0.2) is 22.9 Å². The standard InChI is InChI=1S/C18H14ClN3O2/c1-22(15-3-2-10-20-12-15)18(23)13-4-9-17(21-11-13)24-16-7-5-14(19)6-8-16/h2-12H,1H3. The van der Waals surface area contributed by atoms with Gasteiger partial charge in [0, 0.05) is 30.5 Å². The number of hydrogen-bond acceptors (Lipinski definition) is 4. The number of nitrogens with zero attached hydrogens (tertiary/aromatic N) is 3. The highest BCUT2D eigenvalue weighted by molar-refractivity contribution is 6.30. The first-order chi connectivity index (χ1) is 11.6. The van der Waals surface area contributed by atoms with Crippen molar-refractivity contribution in [2.45, 2.75) is 0 Å². The fourth-order valence-electron chi connectivity index (χ4n) is 2.05. The van der Waals surface area contributed by atoms with Gasteiger partial charge in [0.25, 0.3) is 5.91 Å².